The first-order valence-corrected chi connectivity index (χ1v) is 4.22. The quantitative estimate of drug-likeness (QED) is 0.797. The molecule has 1 aromatic carbocycles. The molecule has 0 saturated heterocycles. The maximum Gasteiger partial charge on any atom is 0.418 e. The fraction of sp³-hybridized carbons (Fsp3) is 0.100. The van der Waals surface area contributed by atoms with Crippen LogP contribution in [0.15, 0.2) is 12.1 Å². The Balaban J connectivity index is 3.76. The molecule has 0 aliphatic rings. The van der Waals surface area contributed by atoms with Gasteiger partial charge in [-0.25, -0.2) is 0 Å². The highest BCUT2D eigenvalue weighted by molar-refractivity contribution is 5.96. The molecule has 2 N–H and O–H groups in total. The van der Waals surface area contributed by atoms with E-state index in [1.165, 1.54) is 6.07 Å². The van der Waals surface area contributed by atoms with Crippen LogP contribution < -0.4 is 5.73 Å². The Kier molecular flexibility index (Phi) is 3.18. The van der Waals surface area contributed by atoms with E-state index in [2.05, 4.69) is 0 Å². The maximum absolute atomic E-state index is 12.7. The Morgan fingerprint density at radius 2 is 2.00 bits per heavy atom. The third-order valence-corrected chi connectivity index (χ3v) is 2.03. The fourth-order valence-electron chi connectivity index (χ4n) is 1.34. The molecule has 17 heavy (non-hydrogen) atoms. The van der Waals surface area contributed by atoms with Crippen molar-refractivity contribution in [3.63, 3.8) is 0 Å². The number of hydrogen-bond acceptors (Lipinski definition) is 3. The largest absolute Gasteiger partial charge is 0.418 e. The second-order valence-electron chi connectivity index (χ2n) is 3.04. The van der Waals surface area contributed by atoms with Crippen LogP contribution in [0.1, 0.15) is 31.8 Å². The van der Waals surface area contributed by atoms with Gasteiger partial charge in [-0.15, -0.1) is 0 Å². The molecule has 1 amide bonds. The number of amides is 1. The minimum Gasteiger partial charge on any atom is -0.366 e. The van der Waals surface area contributed by atoms with E-state index >= 15 is 0 Å². The average molecular weight is 242 g/mol. The van der Waals surface area contributed by atoms with Crippen LogP contribution in [0.4, 0.5) is 13.2 Å². The van der Waals surface area contributed by atoms with Crippen molar-refractivity contribution in [2.75, 3.05) is 0 Å². The molecule has 1 aromatic rings. The van der Waals surface area contributed by atoms with Crippen molar-refractivity contribution in [1.82, 2.24) is 0 Å². The van der Waals surface area contributed by atoms with E-state index in [0.29, 0.717) is 0 Å². The van der Waals surface area contributed by atoms with Gasteiger partial charge in [-0.3, -0.25) is 9.59 Å². The van der Waals surface area contributed by atoms with E-state index in [1.54, 1.807) is 0 Å². The van der Waals surface area contributed by atoms with Crippen LogP contribution in [0.3, 0.4) is 0 Å². The maximum atomic E-state index is 12.7. The van der Waals surface area contributed by atoms with Gasteiger partial charge in [0.1, 0.15) is 6.07 Å². The molecule has 0 fully saturated rings. The number of nitrogens with zero attached hydrogens (tertiary/aromatic N) is 1. The molecule has 4 nitrogen and oxygen atoms in total. The molecule has 0 saturated carbocycles. The van der Waals surface area contributed by atoms with Crippen LogP contribution in [0.5, 0.6) is 0 Å². The Labute approximate surface area is 93.4 Å². The summed E-state index contributed by atoms with van der Waals surface area (Å²) in [5.74, 6) is -1.31. The van der Waals surface area contributed by atoms with E-state index in [4.69, 9.17) is 11.0 Å². The molecule has 0 bridgehead atoms. The highest BCUT2D eigenvalue weighted by atomic mass is 19.4. The van der Waals surface area contributed by atoms with Crippen LogP contribution in [0, 0.1) is 11.3 Å². The van der Waals surface area contributed by atoms with Crippen LogP contribution in [0.25, 0.3) is 0 Å². The first-order valence-electron chi connectivity index (χ1n) is 4.22. The van der Waals surface area contributed by atoms with Gasteiger partial charge in [0.15, 0.2) is 6.29 Å². The van der Waals surface area contributed by atoms with Crippen LogP contribution >= 0.6 is 0 Å². The van der Waals surface area contributed by atoms with Gasteiger partial charge in [0.25, 0.3) is 0 Å². The van der Waals surface area contributed by atoms with Crippen molar-refractivity contribution < 1.29 is 22.8 Å². The number of benzene rings is 1. The monoisotopic (exact) mass is 242 g/mol. The van der Waals surface area contributed by atoms with E-state index < -0.39 is 34.3 Å². The molecule has 0 unspecified atom stereocenters. The average Bonchev–Trinajstić information content (AvgIpc) is 2.25. The van der Waals surface area contributed by atoms with Gasteiger partial charge < -0.3 is 5.73 Å². The number of nitriles is 1. The first kappa shape index (κ1) is 12.7. The minimum absolute atomic E-state index is 0.110. The topological polar surface area (TPSA) is 83.9 Å². The molecule has 0 atom stereocenters. The zero-order valence-corrected chi connectivity index (χ0v) is 8.21. The fourth-order valence-corrected chi connectivity index (χ4v) is 1.34. The number of halogens is 3. The molecule has 0 aliphatic heterocycles. The Morgan fingerprint density at radius 1 is 1.41 bits per heavy atom. The standard InChI is InChI=1S/C10H5F3N2O2/c11-10(12,13)8-6(9(15)17)2-1-5(4-16)7(8)3-14/h1-2,4H,(H2,15,17). The normalized spacial score (nSPS) is 10.7. The predicted molar refractivity (Wildman–Crippen MR) is 50.1 cm³/mol. The van der Waals surface area contributed by atoms with Gasteiger partial charge in [0, 0.05) is 5.56 Å². The van der Waals surface area contributed by atoms with Gasteiger partial charge in [0.05, 0.1) is 16.7 Å². The Hall–Kier alpha value is -2.36. The van der Waals surface area contributed by atoms with Crippen LogP contribution in [0.2, 0.25) is 0 Å². The second-order valence-corrected chi connectivity index (χ2v) is 3.04. The summed E-state index contributed by atoms with van der Waals surface area (Å²) in [4.78, 5) is 21.4. The Bertz CT molecular complexity index is 530. The highest BCUT2D eigenvalue weighted by Crippen LogP contribution is 2.35. The van der Waals surface area contributed by atoms with Gasteiger partial charge in [0.2, 0.25) is 5.91 Å². The third kappa shape index (κ3) is 2.25. The van der Waals surface area contributed by atoms with Gasteiger partial charge in [-0.05, 0) is 12.1 Å². The number of primary amides is 1. The lowest BCUT2D eigenvalue weighted by atomic mass is 9.96. The molecule has 0 spiro atoms. The van der Waals surface area contributed by atoms with Crippen molar-refractivity contribution in [3.8, 4) is 6.07 Å². The van der Waals surface area contributed by atoms with E-state index in [0.717, 1.165) is 12.1 Å². The molecular weight excluding hydrogens is 237 g/mol. The van der Waals surface area contributed by atoms with Gasteiger partial charge in [-0.2, -0.15) is 18.4 Å². The summed E-state index contributed by atoms with van der Waals surface area (Å²) in [5.41, 5.74) is 1.14. The summed E-state index contributed by atoms with van der Waals surface area (Å²) in [6.45, 7) is 0. The van der Waals surface area contributed by atoms with Crippen LogP contribution in [-0.4, -0.2) is 12.2 Å². The molecule has 0 aliphatic carbocycles. The smallest absolute Gasteiger partial charge is 0.366 e. The third-order valence-electron chi connectivity index (χ3n) is 2.03. The van der Waals surface area contributed by atoms with Crippen molar-refractivity contribution in [2.45, 2.75) is 6.18 Å². The number of carbonyl (C=O) groups excluding carboxylic acids is 2. The van der Waals surface area contributed by atoms with Crippen molar-refractivity contribution in [2.24, 2.45) is 5.73 Å². The zero-order chi connectivity index (χ0) is 13.2. The molecule has 0 radical (unpaired) electrons. The lowest BCUT2D eigenvalue weighted by Gasteiger charge is -2.13. The number of hydrogen-bond donors (Lipinski definition) is 1. The summed E-state index contributed by atoms with van der Waals surface area (Å²) < 4.78 is 38.1. The molecule has 1 rings (SSSR count). The summed E-state index contributed by atoms with van der Waals surface area (Å²) in [5, 5.41) is 8.64. The lowest BCUT2D eigenvalue weighted by molar-refractivity contribution is -0.138. The summed E-state index contributed by atoms with van der Waals surface area (Å²) >= 11 is 0. The molecule has 0 aromatic heterocycles. The second kappa shape index (κ2) is 4.25. The van der Waals surface area contributed by atoms with Crippen molar-refractivity contribution in [1.29, 1.82) is 5.26 Å². The molecule has 88 valence electrons. The van der Waals surface area contributed by atoms with Gasteiger partial charge in [-0.1, -0.05) is 0 Å². The van der Waals surface area contributed by atoms with E-state index in [9.17, 15) is 22.8 Å². The van der Waals surface area contributed by atoms with Gasteiger partial charge >= 0.3 is 6.18 Å². The van der Waals surface area contributed by atoms with Crippen LogP contribution in [-0.2, 0) is 6.18 Å². The van der Waals surface area contributed by atoms with E-state index in [1.807, 2.05) is 0 Å². The molecular formula is C10H5F3N2O2. The highest BCUT2D eigenvalue weighted by Gasteiger charge is 2.38. The number of carbonyl (C=O) groups is 2. The van der Waals surface area contributed by atoms with Crippen molar-refractivity contribution >= 4 is 12.2 Å². The predicted octanol–water partition coefficient (Wildman–Crippen LogP) is 1.49. The SMILES string of the molecule is N#Cc1c(C=O)ccc(C(N)=O)c1C(F)(F)F. The molecule has 7 heteroatoms. The number of nitrogens with two attached hydrogens (primary N) is 1. The number of rotatable bonds is 2. The number of alkyl halides is 3. The summed E-state index contributed by atoms with van der Waals surface area (Å²) in [7, 11) is 0. The minimum atomic E-state index is -4.94. The van der Waals surface area contributed by atoms with Crippen molar-refractivity contribution in [3.05, 3.63) is 34.4 Å². The van der Waals surface area contributed by atoms with E-state index in [-0.39, 0.29) is 6.29 Å². The zero-order valence-electron chi connectivity index (χ0n) is 8.21. The Morgan fingerprint density at radius 3 is 2.35 bits per heavy atom. The first-order chi connectivity index (χ1) is 7.82. The number of aldehydes is 1. The molecule has 0 heterocycles. The summed E-state index contributed by atoms with van der Waals surface area (Å²) in [6.07, 6.45) is -4.83. The lowest BCUT2D eigenvalue weighted by Crippen LogP contribution is -2.21. The summed E-state index contributed by atoms with van der Waals surface area (Å²) in [6, 6.07) is 2.98.